The molecule has 0 bridgehead atoms. The molecular weight excluding hydrogens is 208 g/mol. The summed E-state index contributed by atoms with van der Waals surface area (Å²) < 4.78 is 24.4. The number of nitrogens with one attached hydrogen (secondary N) is 2. The van der Waals surface area contributed by atoms with Gasteiger partial charge < -0.3 is 11.1 Å². The van der Waals surface area contributed by atoms with E-state index in [0.717, 1.165) is 0 Å². The molecule has 0 fully saturated rings. The van der Waals surface area contributed by atoms with Gasteiger partial charge in [0.05, 0.1) is 6.07 Å². The van der Waals surface area contributed by atoms with Crippen molar-refractivity contribution in [3.8, 4) is 6.07 Å². The quantitative estimate of drug-likeness (QED) is 0.487. The highest BCUT2D eigenvalue weighted by Crippen LogP contribution is 1.94. The van der Waals surface area contributed by atoms with E-state index in [1.807, 2.05) is 0 Å². The number of urea groups is 1. The van der Waals surface area contributed by atoms with Crippen molar-refractivity contribution < 1.29 is 13.2 Å². The minimum Gasteiger partial charge on any atom is -0.352 e. The molecule has 1 unspecified atom stereocenters. The third kappa shape index (κ3) is 4.64. The molecule has 4 N–H and O–H groups in total. The van der Waals surface area contributed by atoms with E-state index in [1.54, 1.807) is 6.07 Å². The van der Waals surface area contributed by atoms with E-state index in [0.29, 0.717) is 0 Å². The third-order valence-corrected chi connectivity index (χ3v) is 3.02. The van der Waals surface area contributed by atoms with Crippen LogP contribution in [0, 0.1) is 11.3 Å². The van der Waals surface area contributed by atoms with E-state index in [4.69, 9.17) is 11.0 Å². The van der Waals surface area contributed by atoms with Crippen LogP contribution in [0.15, 0.2) is 0 Å². The number of nitrogens with two attached hydrogens (primary N) is 1. The summed E-state index contributed by atoms with van der Waals surface area (Å²) in [6, 6.07) is 0.868. The van der Waals surface area contributed by atoms with E-state index in [1.165, 1.54) is 6.92 Å². The minimum atomic E-state index is -3.61. The standard InChI is InChI=1S/C6H12N4O3S/c1-5(4-7)14(12,13)10-3-2-9-6(8)11/h5,10H,2-3H2,1H3,(H3,8,9,11). The summed E-state index contributed by atoms with van der Waals surface area (Å²) in [4.78, 5) is 10.2. The van der Waals surface area contributed by atoms with Crippen molar-refractivity contribution in [1.29, 1.82) is 5.26 Å². The Kier molecular flexibility index (Phi) is 4.90. The highest BCUT2D eigenvalue weighted by molar-refractivity contribution is 7.90. The maximum absolute atomic E-state index is 11.1. The number of sulfonamides is 1. The summed E-state index contributed by atoms with van der Waals surface area (Å²) in [5, 5.41) is 9.45. The number of carbonyl (C=O) groups excluding carboxylic acids is 1. The van der Waals surface area contributed by atoms with Gasteiger partial charge >= 0.3 is 6.03 Å². The van der Waals surface area contributed by atoms with Crippen molar-refractivity contribution in [2.75, 3.05) is 13.1 Å². The van der Waals surface area contributed by atoms with Crippen molar-refractivity contribution in [1.82, 2.24) is 10.0 Å². The zero-order chi connectivity index (χ0) is 11.2. The summed E-state index contributed by atoms with van der Waals surface area (Å²) in [5.41, 5.74) is 4.75. The minimum absolute atomic E-state index is 0.0112. The van der Waals surface area contributed by atoms with Crippen molar-refractivity contribution >= 4 is 16.1 Å². The second kappa shape index (κ2) is 5.41. The topological polar surface area (TPSA) is 125 Å². The molecule has 80 valence electrons. The molecule has 1 atom stereocenters. The van der Waals surface area contributed by atoms with Crippen molar-refractivity contribution in [2.24, 2.45) is 5.73 Å². The molecule has 0 rings (SSSR count). The predicted octanol–water partition coefficient (Wildman–Crippen LogP) is -1.51. The summed E-state index contributed by atoms with van der Waals surface area (Å²) in [6.45, 7) is 1.37. The molecular formula is C6H12N4O3S. The Balaban J connectivity index is 3.91. The first-order valence-corrected chi connectivity index (χ1v) is 5.36. The van der Waals surface area contributed by atoms with Crippen LogP contribution < -0.4 is 15.8 Å². The normalized spacial score (nSPS) is 12.9. The number of hydrogen-bond acceptors (Lipinski definition) is 4. The molecule has 0 aliphatic rings. The number of hydrogen-bond donors (Lipinski definition) is 3. The number of nitriles is 1. The molecule has 0 spiro atoms. The highest BCUT2D eigenvalue weighted by atomic mass is 32.2. The Morgan fingerprint density at radius 2 is 2.14 bits per heavy atom. The molecule has 0 saturated heterocycles. The van der Waals surface area contributed by atoms with Gasteiger partial charge in [0, 0.05) is 13.1 Å². The van der Waals surface area contributed by atoms with Crippen LogP contribution in [0.5, 0.6) is 0 Å². The van der Waals surface area contributed by atoms with E-state index < -0.39 is 21.3 Å². The van der Waals surface area contributed by atoms with Crippen LogP contribution in [0.2, 0.25) is 0 Å². The van der Waals surface area contributed by atoms with Gasteiger partial charge in [0.1, 0.15) is 0 Å². The molecule has 0 aliphatic carbocycles. The first-order chi connectivity index (χ1) is 6.40. The zero-order valence-corrected chi connectivity index (χ0v) is 8.47. The van der Waals surface area contributed by atoms with Crippen LogP contribution in [0.4, 0.5) is 4.79 Å². The van der Waals surface area contributed by atoms with Crippen LogP contribution in [0.3, 0.4) is 0 Å². The van der Waals surface area contributed by atoms with Crippen molar-refractivity contribution in [3.05, 3.63) is 0 Å². The smallest absolute Gasteiger partial charge is 0.312 e. The lowest BCUT2D eigenvalue weighted by atomic mass is 10.5. The van der Waals surface area contributed by atoms with Gasteiger partial charge in [-0.3, -0.25) is 0 Å². The van der Waals surface area contributed by atoms with Gasteiger partial charge in [-0.1, -0.05) is 0 Å². The second-order valence-electron chi connectivity index (χ2n) is 2.50. The molecule has 0 heterocycles. The molecule has 0 radical (unpaired) electrons. The summed E-state index contributed by atoms with van der Waals surface area (Å²) in [7, 11) is -3.61. The van der Waals surface area contributed by atoms with Gasteiger partial charge in [-0.25, -0.2) is 17.9 Å². The molecule has 2 amide bonds. The molecule has 0 aromatic carbocycles. The summed E-state index contributed by atoms with van der Waals surface area (Å²) >= 11 is 0. The fraction of sp³-hybridized carbons (Fsp3) is 0.667. The first-order valence-electron chi connectivity index (χ1n) is 3.81. The molecule has 14 heavy (non-hydrogen) atoms. The number of carbonyl (C=O) groups is 1. The molecule has 0 aromatic rings. The monoisotopic (exact) mass is 220 g/mol. The molecule has 7 nitrogen and oxygen atoms in total. The van der Waals surface area contributed by atoms with Crippen LogP contribution >= 0.6 is 0 Å². The van der Waals surface area contributed by atoms with E-state index in [2.05, 4.69) is 10.0 Å². The number of rotatable bonds is 5. The Hall–Kier alpha value is -1.33. The average molecular weight is 220 g/mol. The fourth-order valence-corrected chi connectivity index (χ4v) is 1.35. The van der Waals surface area contributed by atoms with Gasteiger partial charge in [0.25, 0.3) is 0 Å². The van der Waals surface area contributed by atoms with Gasteiger partial charge in [-0.05, 0) is 6.92 Å². The molecule has 0 aromatic heterocycles. The average Bonchev–Trinajstić information content (AvgIpc) is 2.10. The maximum Gasteiger partial charge on any atom is 0.312 e. The number of nitrogens with zero attached hydrogens (tertiary/aromatic N) is 1. The summed E-state index contributed by atoms with van der Waals surface area (Å²) in [5.74, 6) is 0. The molecule has 8 heteroatoms. The first kappa shape index (κ1) is 12.7. The Labute approximate surface area is 82.3 Å². The lowest BCUT2D eigenvalue weighted by molar-refractivity contribution is 0.249. The molecule has 0 saturated carbocycles. The van der Waals surface area contributed by atoms with Crippen LogP contribution in [-0.2, 0) is 10.0 Å². The lowest BCUT2D eigenvalue weighted by Gasteiger charge is -2.07. The van der Waals surface area contributed by atoms with E-state index in [-0.39, 0.29) is 13.1 Å². The van der Waals surface area contributed by atoms with Crippen molar-refractivity contribution in [3.63, 3.8) is 0 Å². The predicted molar refractivity (Wildman–Crippen MR) is 49.6 cm³/mol. The maximum atomic E-state index is 11.1. The van der Waals surface area contributed by atoms with E-state index in [9.17, 15) is 13.2 Å². The Morgan fingerprint density at radius 3 is 2.57 bits per heavy atom. The van der Waals surface area contributed by atoms with Gasteiger partial charge in [-0.2, -0.15) is 5.26 Å². The number of amides is 2. The largest absolute Gasteiger partial charge is 0.352 e. The number of primary amides is 1. The SMILES string of the molecule is CC(C#N)S(=O)(=O)NCCNC(N)=O. The van der Waals surface area contributed by atoms with Gasteiger partial charge in [-0.15, -0.1) is 0 Å². The van der Waals surface area contributed by atoms with Crippen LogP contribution in [-0.4, -0.2) is 32.8 Å². The van der Waals surface area contributed by atoms with Gasteiger partial charge in [0.2, 0.25) is 10.0 Å². The third-order valence-electron chi connectivity index (χ3n) is 1.37. The van der Waals surface area contributed by atoms with Crippen molar-refractivity contribution in [2.45, 2.75) is 12.2 Å². The van der Waals surface area contributed by atoms with Crippen LogP contribution in [0.1, 0.15) is 6.92 Å². The molecule has 0 aliphatic heterocycles. The van der Waals surface area contributed by atoms with Gasteiger partial charge in [0.15, 0.2) is 5.25 Å². The lowest BCUT2D eigenvalue weighted by Crippen LogP contribution is -2.39. The van der Waals surface area contributed by atoms with Crippen LogP contribution in [0.25, 0.3) is 0 Å². The zero-order valence-electron chi connectivity index (χ0n) is 7.65. The second-order valence-corrected chi connectivity index (χ2v) is 4.59. The van der Waals surface area contributed by atoms with E-state index >= 15 is 0 Å². The Bertz CT molecular complexity index is 331. The Morgan fingerprint density at radius 1 is 1.57 bits per heavy atom. The highest BCUT2D eigenvalue weighted by Gasteiger charge is 2.18. The summed E-state index contributed by atoms with van der Waals surface area (Å²) in [6.07, 6.45) is 0. The fourth-order valence-electron chi connectivity index (χ4n) is 0.573.